The van der Waals surface area contributed by atoms with Gasteiger partial charge in [0.2, 0.25) is 0 Å². The summed E-state index contributed by atoms with van der Waals surface area (Å²) >= 11 is 0. The van der Waals surface area contributed by atoms with Gasteiger partial charge >= 0.3 is 0 Å². The van der Waals surface area contributed by atoms with Crippen LogP contribution < -0.4 is 4.90 Å². The van der Waals surface area contributed by atoms with Crippen LogP contribution in [-0.4, -0.2) is 66.6 Å². The van der Waals surface area contributed by atoms with Gasteiger partial charge in [-0.15, -0.1) is 0 Å². The van der Waals surface area contributed by atoms with Crippen molar-refractivity contribution in [1.82, 2.24) is 19.9 Å². The third-order valence-corrected chi connectivity index (χ3v) is 6.75. The molecular formula is C22H21N5O3S. The van der Waals surface area contributed by atoms with Crippen LogP contribution in [0.5, 0.6) is 0 Å². The molecule has 1 saturated heterocycles. The van der Waals surface area contributed by atoms with Gasteiger partial charge < -0.3 is 14.8 Å². The second-order valence-corrected chi connectivity index (χ2v) is 9.71. The van der Waals surface area contributed by atoms with Gasteiger partial charge in [-0.2, -0.15) is 0 Å². The van der Waals surface area contributed by atoms with Crippen LogP contribution >= 0.6 is 0 Å². The van der Waals surface area contributed by atoms with E-state index in [2.05, 4.69) is 19.9 Å². The monoisotopic (exact) mass is 435 g/mol. The van der Waals surface area contributed by atoms with Gasteiger partial charge in [0.1, 0.15) is 17.8 Å². The van der Waals surface area contributed by atoms with Crippen LogP contribution in [0.15, 0.2) is 59.8 Å². The molecule has 2 aromatic carbocycles. The number of carbonyl (C=O) groups is 1. The number of rotatable bonds is 3. The molecule has 5 rings (SSSR count). The first-order valence-corrected chi connectivity index (χ1v) is 11.9. The van der Waals surface area contributed by atoms with E-state index in [4.69, 9.17) is 0 Å². The fourth-order valence-electron chi connectivity index (χ4n) is 3.99. The number of aromatic nitrogens is 3. The van der Waals surface area contributed by atoms with Crippen LogP contribution in [0.2, 0.25) is 0 Å². The number of piperazine rings is 1. The van der Waals surface area contributed by atoms with Crippen LogP contribution in [0.3, 0.4) is 0 Å². The Morgan fingerprint density at radius 2 is 1.77 bits per heavy atom. The molecule has 0 radical (unpaired) electrons. The number of H-pyrrole nitrogens is 1. The summed E-state index contributed by atoms with van der Waals surface area (Å²) in [7, 11) is -3.33. The molecule has 3 heterocycles. The summed E-state index contributed by atoms with van der Waals surface area (Å²) in [5.41, 5.74) is 2.22. The standard InChI is InChI=1S/C22H21N5O3S/c1-31(29,30)16-6-7-19-17(13-16)21(24-14-23-19)26-8-10-27(11-9-26)22(28)20-12-15-4-2-3-5-18(15)25-20/h2-7,12-14,25H,8-11H2,1H3. The van der Waals surface area contributed by atoms with Crippen molar-refractivity contribution in [2.75, 3.05) is 37.3 Å². The van der Waals surface area contributed by atoms with E-state index < -0.39 is 9.84 Å². The van der Waals surface area contributed by atoms with Crippen molar-refractivity contribution in [3.63, 3.8) is 0 Å². The Balaban J connectivity index is 1.37. The molecule has 8 nitrogen and oxygen atoms in total. The minimum atomic E-state index is -3.33. The summed E-state index contributed by atoms with van der Waals surface area (Å²) in [6.45, 7) is 2.29. The van der Waals surface area contributed by atoms with Crippen molar-refractivity contribution < 1.29 is 13.2 Å². The number of aromatic amines is 1. The Morgan fingerprint density at radius 1 is 1.00 bits per heavy atom. The second kappa shape index (κ2) is 7.35. The molecule has 0 unspecified atom stereocenters. The average Bonchev–Trinajstić information content (AvgIpc) is 3.22. The summed E-state index contributed by atoms with van der Waals surface area (Å²) < 4.78 is 24.0. The lowest BCUT2D eigenvalue weighted by Gasteiger charge is -2.35. The average molecular weight is 436 g/mol. The van der Waals surface area contributed by atoms with E-state index in [0.717, 1.165) is 10.9 Å². The number of carbonyl (C=O) groups excluding carboxylic acids is 1. The van der Waals surface area contributed by atoms with Gasteiger partial charge in [-0.05, 0) is 30.3 Å². The molecule has 2 aromatic heterocycles. The maximum absolute atomic E-state index is 13.0. The van der Waals surface area contributed by atoms with Gasteiger partial charge in [-0.25, -0.2) is 18.4 Å². The molecular weight excluding hydrogens is 414 g/mol. The molecule has 4 aromatic rings. The van der Waals surface area contributed by atoms with E-state index in [1.165, 1.54) is 12.6 Å². The fraction of sp³-hybridized carbons (Fsp3) is 0.227. The zero-order chi connectivity index (χ0) is 21.6. The largest absolute Gasteiger partial charge is 0.352 e. The lowest BCUT2D eigenvalue weighted by atomic mass is 10.2. The molecule has 0 atom stereocenters. The first-order valence-electron chi connectivity index (χ1n) is 9.97. The number of benzene rings is 2. The van der Waals surface area contributed by atoms with E-state index in [1.54, 1.807) is 18.2 Å². The van der Waals surface area contributed by atoms with Crippen LogP contribution in [0.25, 0.3) is 21.8 Å². The van der Waals surface area contributed by atoms with Crippen molar-refractivity contribution in [2.24, 2.45) is 0 Å². The van der Waals surface area contributed by atoms with Crippen molar-refractivity contribution in [1.29, 1.82) is 0 Å². The molecule has 31 heavy (non-hydrogen) atoms. The molecule has 9 heteroatoms. The van der Waals surface area contributed by atoms with Crippen LogP contribution in [0.1, 0.15) is 10.5 Å². The summed E-state index contributed by atoms with van der Waals surface area (Å²) in [5.74, 6) is 0.663. The lowest BCUT2D eigenvalue weighted by molar-refractivity contribution is 0.0741. The first-order chi connectivity index (χ1) is 14.9. The predicted octanol–water partition coefficient (Wildman–Crippen LogP) is 2.48. The minimum absolute atomic E-state index is 0.0252. The molecule has 1 amide bonds. The summed E-state index contributed by atoms with van der Waals surface area (Å²) in [5, 5.41) is 1.71. The molecule has 1 aliphatic heterocycles. The summed E-state index contributed by atoms with van der Waals surface area (Å²) in [6.07, 6.45) is 2.67. The van der Waals surface area contributed by atoms with E-state index >= 15 is 0 Å². The van der Waals surface area contributed by atoms with Gasteiger partial charge in [0.15, 0.2) is 9.84 Å². The predicted molar refractivity (Wildman–Crippen MR) is 119 cm³/mol. The van der Waals surface area contributed by atoms with Crippen LogP contribution in [-0.2, 0) is 9.84 Å². The molecule has 1 N–H and O–H groups in total. The summed E-state index contributed by atoms with van der Waals surface area (Å²) in [6, 6.07) is 14.6. The number of sulfone groups is 1. The van der Waals surface area contributed by atoms with Crippen molar-refractivity contribution in [3.8, 4) is 0 Å². The number of anilines is 1. The number of hydrogen-bond donors (Lipinski definition) is 1. The number of hydrogen-bond acceptors (Lipinski definition) is 6. The maximum atomic E-state index is 13.0. The zero-order valence-corrected chi connectivity index (χ0v) is 17.8. The quantitative estimate of drug-likeness (QED) is 0.531. The van der Waals surface area contributed by atoms with E-state index in [-0.39, 0.29) is 10.8 Å². The van der Waals surface area contributed by atoms with Crippen molar-refractivity contribution in [2.45, 2.75) is 4.90 Å². The van der Waals surface area contributed by atoms with E-state index in [1.807, 2.05) is 35.2 Å². The highest BCUT2D eigenvalue weighted by atomic mass is 32.2. The maximum Gasteiger partial charge on any atom is 0.270 e. The molecule has 1 fully saturated rings. The number of amides is 1. The number of fused-ring (bicyclic) bond motifs is 2. The van der Waals surface area contributed by atoms with Crippen molar-refractivity contribution >= 4 is 43.4 Å². The Kier molecular flexibility index (Phi) is 4.62. The first kappa shape index (κ1) is 19.5. The van der Waals surface area contributed by atoms with Gasteiger partial charge in [0.05, 0.1) is 10.4 Å². The SMILES string of the molecule is CS(=O)(=O)c1ccc2ncnc(N3CCN(C(=O)c4cc5ccccc5[nH]4)CC3)c2c1. The minimum Gasteiger partial charge on any atom is -0.352 e. The lowest BCUT2D eigenvalue weighted by Crippen LogP contribution is -2.49. The second-order valence-electron chi connectivity index (χ2n) is 7.70. The van der Waals surface area contributed by atoms with E-state index in [0.29, 0.717) is 48.6 Å². The highest BCUT2D eigenvalue weighted by Crippen LogP contribution is 2.27. The van der Waals surface area contributed by atoms with Gasteiger partial charge in [0, 0.05) is 48.7 Å². The molecule has 0 aliphatic carbocycles. The number of nitrogens with one attached hydrogen (secondary N) is 1. The topological polar surface area (TPSA) is 99.3 Å². The molecule has 0 bridgehead atoms. The molecule has 158 valence electrons. The molecule has 0 spiro atoms. The summed E-state index contributed by atoms with van der Waals surface area (Å²) in [4.78, 5) is 29.0. The highest BCUT2D eigenvalue weighted by Gasteiger charge is 2.25. The van der Waals surface area contributed by atoms with Crippen molar-refractivity contribution in [3.05, 3.63) is 60.6 Å². The zero-order valence-electron chi connectivity index (χ0n) is 16.9. The van der Waals surface area contributed by atoms with Crippen LogP contribution in [0.4, 0.5) is 5.82 Å². The number of nitrogens with zero attached hydrogens (tertiary/aromatic N) is 4. The Bertz CT molecular complexity index is 1370. The highest BCUT2D eigenvalue weighted by molar-refractivity contribution is 7.90. The molecule has 1 aliphatic rings. The van der Waals surface area contributed by atoms with E-state index in [9.17, 15) is 13.2 Å². The molecule has 0 saturated carbocycles. The van der Waals surface area contributed by atoms with Gasteiger partial charge in [0.25, 0.3) is 5.91 Å². The van der Waals surface area contributed by atoms with Gasteiger partial charge in [-0.3, -0.25) is 4.79 Å². The Labute approximate surface area is 179 Å². The Morgan fingerprint density at radius 3 is 2.52 bits per heavy atom. The third kappa shape index (κ3) is 3.61. The third-order valence-electron chi connectivity index (χ3n) is 5.64. The Hall–Kier alpha value is -3.46. The number of para-hydroxylation sites is 1. The van der Waals surface area contributed by atoms with Gasteiger partial charge in [-0.1, -0.05) is 18.2 Å². The smallest absolute Gasteiger partial charge is 0.270 e. The normalized spacial score (nSPS) is 15.0. The fourth-order valence-corrected chi connectivity index (χ4v) is 4.63. The van der Waals surface area contributed by atoms with Crippen LogP contribution in [0, 0.1) is 0 Å².